The van der Waals surface area contributed by atoms with Crippen molar-refractivity contribution in [3.8, 4) is 5.75 Å². The highest BCUT2D eigenvalue weighted by Crippen LogP contribution is 2.16. The molecule has 0 radical (unpaired) electrons. The maximum atomic E-state index is 14.0. The molecule has 2 rings (SSSR count). The second kappa shape index (κ2) is 12.8. The molecule has 1 atom stereocenters. The van der Waals surface area contributed by atoms with Crippen LogP contribution in [0, 0.1) is 11.6 Å². The first-order valence-corrected chi connectivity index (χ1v) is 10.6. The minimum atomic E-state index is -1.03. The van der Waals surface area contributed by atoms with E-state index in [2.05, 4.69) is 0 Å². The number of aliphatic carboxylic acids is 1. The Labute approximate surface area is 186 Å². The zero-order chi connectivity index (χ0) is 23.5. The van der Waals surface area contributed by atoms with Crippen molar-refractivity contribution >= 4 is 11.9 Å². The van der Waals surface area contributed by atoms with Crippen molar-refractivity contribution in [3.63, 3.8) is 0 Å². The molecular formula is C24H29F2NO5. The first-order valence-electron chi connectivity index (χ1n) is 10.6. The SMILES string of the molecule is CCCCN(Cc1ccc(F)cc1F)C(=O)COc1ccc(CC(OCC)C(=O)O)cc1. The average molecular weight is 449 g/mol. The number of carboxylic acid groups (broad SMARTS) is 1. The highest BCUT2D eigenvalue weighted by molar-refractivity contribution is 5.77. The van der Waals surface area contributed by atoms with Gasteiger partial charge in [-0.2, -0.15) is 0 Å². The smallest absolute Gasteiger partial charge is 0.333 e. The second-order valence-corrected chi connectivity index (χ2v) is 7.32. The zero-order valence-corrected chi connectivity index (χ0v) is 18.4. The Morgan fingerprint density at radius 2 is 1.81 bits per heavy atom. The van der Waals surface area contributed by atoms with Crippen molar-refractivity contribution < 1.29 is 33.0 Å². The van der Waals surface area contributed by atoms with Crippen LogP contribution in [-0.2, 0) is 27.3 Å². The highest BCUT2D eigenvalue weighted by Gasteiger charge is 2.19. The summed E-state index contributed by atoms with van der Waals surface area (Å²) in [4.78, 5) is 25.4. The number of nitrogens with zero attached hydrogens (tertiary/aromatic N) is 1. The Kier molecular flexibility index (Phi) is 10.1. The predicted octanol–water partition coefficient (Wildman–Crippen LogP) is 4.20. The quantitative estimate of drug-likeness (QED) is 0.496. The maximum absolute atomic E-state index is 14.0. The van der Waals surface area contributed by atoms with Gasteiger partial charge in [0.25, 0.3) is 5.91 Å². The molecule has 2 aromatic rings. The molecule has 0 aliphatic carbocycles. The van der Waals surface area contributed by atoms with E-state index in [-0.39, 0.29) is 31.0 Å². The van der Waals surface area contributed by atoms with Crippen molar-refractivity contribution in [1.29, 1.82) is 0 Å². The standard InChI is InChI=1S/C24H29F2NO5/c1-3-5-12-27(15-18-8-9-19(25)14-21(18)26)23(28)16-32-20-10-6-17(7-11-20)13-22(24(29)30)31-4-2/h6-11,14,22H,3-5,12-13,15-16H2,1-2H3,(H,29,30). The molecule has 0 saturated carbocycles. The monoisotopic (exact) mass is 449 g/mol. The predicted molar refractivity (Wildman–Crippen MR) is 115 cm³/mol. The minimum Gasteiger partial charge on any atom is -0.484 e. The molecular weight excluding hydrogens is 420 g/mol. The number of ether oxygens (including phenoxy) is 2. The lowest BCUT2D eigenvalue weighted by Gasteiger charge is -2.23. The van der Waals surface area contributed by atoms with Gasteiger partial charge in [0, 0.05) is 37.7 Å². The molecule has 1 N–H and O–H groups in total. The van der Waals surface area contributed by atoms with Gasteiger partial charge < -0.3 is 19.5 Å². The Balaban J connectivity index is 1.97. The Morgan fingerprint density at radius 3 is 2.41 bits per heavy atom. The molecule has 1 amide bonds. The van der Waals surface area contributed by atoms with Crippen LogP contribution in [0.15, 0.2) is 42.5 Å². The van der Waals surface area contributed by atoms with Crippen molar-refractivity contribution in [2.24, 2.45) is 0 Å². The number of benzene rings is 2. The Bertz CT molecular complexity index is 888. The van der Waals surface area contributed by atoms with Crippen molar-refractivity contribution in [2.45, 2.75) is 45.8 Å². The summed E-state index contributed by atoms with van der Waals surface area (Å²) in [5.74, 6) is -2.24. The second-order valence-electron chi connectivity index (χ2n) is 7.32. The van der Waals surface area contributed by atoms with E-state index in [1.807, 2.05) is 6.92 Å². The number of amides is 1. The topological polar surface area (TPSA) is 76.1 Å². The van der Waals surface area contributed by atoms with E-state index < -0.39 is 23.7 Å². The average Bonchev–Trinajstić information content (AvgIpc) is 2.76. The molecule has 6 nitrogen and oxygen atoms in total. The fourth-order valence-electron chi connectivity index (χ4n) is 3.09. The van der Waals surface area contributed by atoms with Crippen molar-refractivity contribution in [3.05, 3.63) is 65.2 Å². The first kappa shape index (κ1) is 25.3. The molecule has 1 unspecified atom stereocenters. The van der Waals surface area contributed by atoms with Gasteiger partial charge >= 0.3 is 5.97 Å². The first-order chi connectivity index (χ1) is 15.3. The molecule has 0 aliphatic heterocycles. The molecule has 8 heteroatoms. The van der Waals surface area contributed by atoms with Crippen LogP contribution >= 0.6 is 0 Å². The van der Waals surface area contributed by atoms with Crippen LogP contribution in [0.25, 0.3) is 0 Å². The third-order valence-electron chi connectivity index (χ3n) is 4.86. The lowest BCUT2D eigenvalue weighted by molar-refractivity contribution is -0.150. The molecule has 0 fully saturated rings. The Hall–Kier alpha value is -3.00. The van der Waals surface area contributed by atoms with Gasteiger partial charge in [0.2, 0.25) is 0 Å². The molecule has 174 valence electrons. The van der Waals surface area contributed by atoms with Crippen LogP contribution in [0.3, 0.4) is 0 Å². The van der Waals surface area contributed by atoms with Gasteiger partial charge in [0.15, 0.2) is 12.7 Å². The van der Waals surface area contributed by atoms with Gasteiger partial charge in [-0.3, -0.25) is 4.79 Å². The summed E-state index contributed by atoms with van der Waals surface area (Å²) < 4.78 is 38.0. The van der Waals surface area contributed by atoms with E-state index in [0.29, 0.717) is 18.9 Å². The van der Waals surface area contributed by atoms with Crippen LogP contribution in [0.2, 0.25) is 0 Å². The number of rotatable bonds is 13. The fourth-order valence-corrected chi connectivity index (χ4v) is 3.09. The largest absolute Gasteiger partial charge is 0.484 e. The van der Waals surface area contributed by atoms with Crippen LogP contribution in [-0.4, -0.2) is 47.7 Å². The minimum absolute atomic E-state index is 0.0290. The number of hydrogen-bond acceptors (Lipinski definition) is 4. The maximum Gasteiger partial charge on any atom is 0.333 e. The summed E-state index contributed by atoms with van der Waals surface area (Å²) in [6.45, 7) is 4.25. The van der Waals surface area contributed by atoms with E-state index in [9.17, 15) is 23.5 Å². The number of carbonyl (C=O) groups is 2. The Morgan fingerprint density at radius 1 is 1.09 bits per heavy atom. The highest BCUT2D eigenvalue weighted by atomic mass is 19.1. The van der Waals surface area contributed by atoms with Crippen LogP contribution < -0.4 is 4.74 Å². The van der Waals surface area contributed by atoms with Gasteiger partial charge in [-0.05, 0) is 37.1 Å². The van der Waals surface area contributed by atoms with Gasteiger partial charge in [0.05, 0.1) is 0 Å². The van der Waals surface area contributed by atoms with Crippen molar-refractivity contribution in [2.75, 3.05) is 19.8 Å². The molecule has 0 heterocycles. The van der Waals surface area contributed by atoms with Gasteiger partial charge in [-0.1, -0.05) is 31.5 Å². The van der Waals surface area contributed by atoms with Crippen LogP contribution in [0.1, 0.15) is 37.8 Å². The summed E-state index contributed by atoms with van der Waals surface area (Å²) in [6, 6.07) is 10.1. The van der Waals surface area contributed by atoms with Gasteiger partial charge in [0.1, 0.15) is 17.4 Å². The van der Waals surface area contributed by atoms with E-state index >= 15 is 0 Å². The number of unbranched alkanes of at least 4 members (excludes halogenated alkanes) is 1. The molecule has 0 spiro atoms. The molecule has 0 aliphatic rings. The lowest BCUT2D eigenvalue weighted by atomic mass is 10.1. The summed E-state index contributed by atoms with van der Waals surface area (Å²) >= 11 is 0. The molecule has 0 saturated heterocycles. The van der Waals surface area contributed by atoms with Gasteiger partial charge in [-0.25, -0.2) is 13.6 Å². The van der Waals surface area contributed by atoms with Gasteiger partial charge in [-0.15, -0.1) is 0 Å². The number of carboxylic acids is 1. The number of halogens is 2. The summed E-state index contributed by atoms with van der Waals surface area (Å²) in [6.07, 6.45) is 0.897. The fraction of sp³-hybridized carbons (Fsp3) is 0.417. The molecule has 0 aromatic heterocycles. The van der Waals surface area contributed by atoms with Crippen LogP contribution in [0.5, 0.6) is 5.75 Å². The third-order valence-corrected chi connectivity index (χ3v) is 4.86. The normalized spacial score (nSPS) is 11.8. The van der Waals surface area contributed by atoms with Crippen molar-refractivity contribution in [1.82, 2.24) is 4.90 Å². The van der Waals surface area contributed by atoms with E-state index in [1.165, 1.54) is 17.0 Å². The van der Waals surface area contributed by atoms with E-state index in [0.717, 1.165) is 24.5 Å². The zero-order valence-electron chi connectivity index (χ0n) is 18.4. The third kappa shape index (κ3) is 7.92. The van der Waals surface area contributed by atoms with E-state index in [4.69, 9.17) is 9.47 Å². The molecule has 2 aromatic carbocycles. The summed E-state index contributed by atoms with van der Waals surface area (Å²) in [5, 5.41) is 9.18. The lowest BCUT2D eigenvalue weighted by Crippen LogP contribution is -2.35. The van der Waals surface area contributed by atoms with Crippen LogP contribution in [0.4, 0.5) is 8.78 Å². The summed E-state index contributed by atoms with van der Waals surface area (Å²) in [5.41, 5.74) is 1.00. The number of carbonyl (C=O) groups excluding carboxylic acids is 1. The molecule has 32 heavy (non-hydrogen) atoms. The molecule has 0 bridgehead atoms. The van der Waals surface area contributed by atoms with E-state index in [1.54, 1.807) is 31.2 Å². The number of hydrogen-bond donors (Lipinski definition) is 1. The summed E-state index contributed by atoms with van der Waals surface area (Å²) in [7, 11) is 0.